The van der Waals surface area contributed by atoms with Crippen LogP contribution in [0.2, 0.25) is 0 Å². The van der Waals surface area contributed by atoms with Gasteiger partial charge in [-0.15, -0.1) is 0 Å². The summed E-state index contributed by atoms with van der Waals surface area (Å²) in [5.74, 6) is 0.565. The Bertz CT molecular complexity index is 212. The molecule has 1 rings (SSSR count). The van der Waals surface area contributed by atoms with Gasteiger partial charge in [0, 0.05) is 25.7 Å². The normalized spacial score (nSPS) is 18.6. The van der Waals surface area contributed by atoms with Crippen LogP contribution >= 0.6 is 0 Å². The average molecular weight is 227 g/mol. The van der Waals surface area contributed by atoms with Crippen molar-refractivity contribution in [3.63, 3.8) is 0 Å². The summed E-state index contributed by atoms with van der Waals surface area (Å²) in [7, 11) is 0. The van der Waals surface area contributed by atoms with Gasteiger partial charge in [-0.05, 0) is 31.6 Å². The van der Waals surface area contributed by atoms with Gasteiger partial charge in [0.2, 0.25) is 0 Å². The van der Waals surface area contributed by atoms with E-state index in [1.54, 1.807) is 0 Å². The van der Waals surface area contributed by atoms with Gasteiger partial charge in [-0.1, -0.05) is 13.8 Å². The molecule has 0 saturated carbocycles. The number of rotatable bonds is 4. The summed E-state index contributed by atoms with van der Waals surface area (Å²) in [5.41, 5.74) is 5.67. The molecule has 1 saturated heterocycles. The quantitative estimate of drug-likeness (QED) is 0.765. The van der Waals surface area contributed by atoms with E-state index in [0.29, 0.717) is 12.5 Å². The second kappa shape index (κ2) is 6.74. The van der Waals surface area contributed by atoms with Crippen LogP contribution in [0.3, 0.4) is 0 Å². The lowest BCUT2D eigenvalue weighted by Gasteiger charge is -2.29. The molecule has 1 aliphatic heterocycles. The number of urea groups is 1. The third-order valence-corrected chi connectivity index (χ3v) is 3.01. The minimum absolute atomic E-state index is 0.0656. The number of likely N-dealkylation sites (tertiary alicyclic amines) is 1. The molecule has 1 heterocycles. The molecule has 3 N–H and O–H groups in total. The molecule has 2 amide bonds. The molecule has 0 spiro atoms. The van der Waals surface area contributed by atoms with Crippen LogP contribution < -0.4 is 11.1 Å². The number of piperidine rings is 1. The van der Waals surface area contributed by atoms with Gasteiger partial charge >= 0.3 is 6.03 Å². The second-order valence-electron chi connectivity index (χ2n) is 5.06. The van der Waals surface area contributed by atoms with E-state index in [1.165, 1.54) is 6.42 Å². The number of hydrogen-bond donors (Lipinski definition) is 2. The topological polar surface area (TPSA) is 58.4 Å². The van der Waals surface area contributed by atoms with Gasteiger partial charge in [-0.25, -0.2) is 4.79 Å². The van der Waals surface area contributed by atoms with Crippen LogP contribution in [0.4, 0.5) is 4.79 Å². The molecule has 0 aliphatic carbocycles. The summed E-state index contributed by atoms with van der Waals surface area (Å²) < 4.78 is 0. The van der Waals surface area contributed by atoms with E-state index >= 15 is 0 Å². The van der Waals surface area contributed by atoms with E-state index < -0.39 is 0 Å². The Hall–Kier alpha value is -0.770. The first-order valence-electron chi connectivity index (χ1n) is 6.39. The standard InChI is InChI=1S/C12H25N3O/c1-10(2)8-11(9-13)14-12(16)15-6-4-3-5-7-15/h10-11H,3-9,13H2,1-2H3,(H,14,16). The van der Waals surface area contributed by atoms with Crippen LogP contribution in [-0.4, -0.2) is 36.6 Å². The molecule has 16 heavy (non-hydrogen) atoms. The SMILES string of the molecule is CC(C)CC(CN)NC(=O)N1CCCCC1. The molecular formula is C12H25N3O. The van der Waals surface area contributed by atoms with Crippen molar-refractivity contribution in [1.82, 2.24) is 10.2 Å². The molecule has 1 unspecified atom stereocenters. The number of hydrogen-bond acceptors (Lipinski definition) is 2. The lowest BCUT2D eigenvalue weighted by Crippen LogP contribution is -2.49. The summed E-state index contributed by atoms with van der Waals surface area (Å²) in [5, 5.41) is 3.03. The van der Waals surface area contributed by atoms with Crippen molar-refractivity contribution in [3.05, 3.63) is 0 Å². The summed E-state index contributed by atoms with van der Waals surface area (Å²) >= 11 is 0. The molecule has 0 aromatic carbocycles. The largest absolute Gasteiger partial charge is 0.334 e. The number of amides is 2. The minimum atomic E-state index is 0.0656. The lowest BCUT2D eigenvalue weighted by molar-refractivity contribution is 0.181. The minimum Gasteiger partial charge on any atom is -0.334 e. The molecule has 0 aromatic rings. The summed E-state index contributed by atoms with van der Waals surface area (Å²) in [6, 6.07) is 0.185. The molecule has 94 valence electrons. The highest BCUT2D eigenvalue weighted by atomic mass is 16.2. The number of carbonyl (C=O) groups is 1. The van der Waals surface area contributed by atoms with Gasteiger partial charge in [0.05, 0.1) is 0 Å². The first kappa shape index (κ1) is 13.3. The van der Waals surface area contributed by atoms with Gasteiger partial charge in [-0.2, -0.15) is 0 Å². The van der Waals surface area contributed by atoms with E-state index in [1.807, 2.05) is 4.90 Å². The molecule has 0 radical (unpaired) electrons. The molecule has 1 atom stereocenters. The van der Waals surface area contributed by atoms with Gasteiger partial charge in [0.25, 0.3) is 0 Å². The Labute approximate surface area is 98.6 Å². The van der Waals surface area contributed by atoms with Gasteiger partial charge < -0.3 is 16.0 Å². The van der Waals surface area contributed by atoms with E-state index in [2.05, 4.69) is 19.2 Å². The van der Waals surface area contributed by atoms with Crippen LogP contribution in [0.15, 0.2) is 0 Å². The van der Waals surface area contributed by atoms with Crippen LogP contribution in [0, 0.1) is 5.92 Å². The average Bonchev–Trinajstić information content (AvgIpc) is 2.28. The number of nitrogens with zero attached hydrogens (tertiary/aromatic N) is 1. The van der Waals surface area contributed by atoms with Crippen molar-refractivity contribution >= 4 is 6.03 Å². The Kier molecular flexibility index (Phi) is 5.60. The summed E-state index contributed by atoms with van der Waals surface area (Å²) in [6.45, 7) is 6.61. The molecule has 1 aliphatic rings. The van der Waals surface area contributed by atoms with E-state index in [9.17, 15) is 4.79 Å². The van der Waals surface area contributed by atoms with Gasteiger partial charge in [0.15, 0.2) is 0 Å². The van der Waals surface area contributed by atoms with Gasteiger partial charge in [0.1, 0.15) is 0 Å². The lowest BCUT2D eigenvalue weighted by atomic mass is 10.0. The molecular weight excluding hydrogens is 202 g/mol. The maximum atomic E-state index is 11.9. The predicted octanol–water partition coefficient (Wildman–Crippen LogP) is 1.56. The van der Waals surface area contributed by atoms with E-state index in [0.717, 1.165) is 32.4 Å². The third-order valence-electron chi connectivity index (χ3n) is 3.01. The molecule has 4 heteroatoms. The Morgan fingerprint density at radius 3 is 2.44 bits per heavy atom. The Morgan fingerprint density at radius 1 is 1.31 bits per heavy atom. The Balaban J connectivity index is 2.35. The maximum Gasteiger partial charge on any atom is 0.317 e. The molecule has 4 nitrogen and oxygen atoms in total. The smallest absolute Gasteiger partial charge is 0.317 e. The molecule has 0 aromatic heterocycles. The van der Waals surface area contributed by atoms with Crippen molar-refractivity contribution in [2.75, 3.05) is 19.6 Å². The first-order chi connectivity index (χ1) is 7.63. The van der Waals surface area contributed by atoms with Crippen molar-refractivity contribution in [2.45, 2.75) is 45.6 Å². The second-order valence-corrected chi connectivity index (χ2v) is 5.06. The van der Waals surface area contributed by atoms with E-state index in [4.69, 9.17) is 5.73 Å². The fraction of sp³-hybridized carbons (Fsp3) is 0.917. The van der Waals surface area contributed by atoms with Crippen molar-refractivity contribution < 1.29 is 4.79 Å². The summed E-state index contributed by atoms with van der Waals surface area (Å²) in [6.07, 6.45) is 4.46. The molecule has 1 fully saturated rings. The number of carbonyl (C=O) groups excluding carboxylic acids is 1. The van der Waals surface area contributed by atoms with Gasteiger partial charge in [-0.3, -0.25) is 0 Å². The van der Waals surface area contributed by atoms with E-state index in [-0.39, 0.29) is 12.1 Å². The maximum absolute atomic E-state index is 11.9. The Morgan fingerprint density at radius 2 is 1.94 bits per heavy atom. The summed E-state index contributed by atoms with van der Waals surface area (Å²) in [4.78, 5) is 13.8. The van der Waals surface area contributed by atoms with Crippen LogP contribution in [-0.2, 0) is 0 Å². The van der Waals surface area contributed by atoms with Crippen molar-refractivity contribution in [1.29, 1.82) is 0 Å². The fourth-order valence-electron chi connectivity index (χ4n) is 2.15. The molecule has 0 bridgehead atoms. The predicted molar refractivity (Wildman–Crippen MR) is 66.3 cm³/mol. The van der Waals surface area contributed by atoms with Crippen LogP contribution in [0.5, 0.6) is 0 Å². The highest BCUT2D eigenvalue weighted by Gasteiger charge is 2.19. The zero-order valence-corrected chi connectivity index (χ0v) is 10.5. The number of nitrogens with two attached hydrogens (primary N) is 1. The zero-order chi connectivity index (χ0) is 12.0. The highest BCUT2D eigenvalue weighted by Crippen LogP contribution is 2.10. The fourth-order valence-corrected chi connectivity index (χ4v) is 2.15. The monoisotopic (exact) mass is 227 g/mol. The number of nitrogens with one attached hydrogen (secondary N) is 1. The zero-order valence-electron chi connectivity index (χ0n) is 10.5. The van der Waals surface area contributed by atoms with Crippen molar-refractivity contribution in [3.8, 4) is 0 Å². The van der Waals surface area contributed by atoms with Crippen LogP contribution in [0.25, 0.3) is 0 Å². The first-order valence-corrected chi connectivity index (χ1v) is 6.39. The van der Waals surface area contributed by atoms with Crippen molar-refractivity contribution in [2.24, 2.45) is 11.7 Å². The third kappa shape index (κ3) is 4.39. The van der Waals surface area contributed by atoms with Crippen LogP contribution in [0.1, 0.15) is 39.5 Å². The highest BCUT2D eigenvalue weighted by molar-refractivity contribution is 5.74.